The topological polar surface area (TPSA) is 66.7 Å². The first-order valence-corrected chi connectivity index (χ1v) is 10.2. The number of rotatable bonds is 3. The highest BCUT2D eigenvalue weighted by Gasteiger charge is 2.28. The van der Waals surface area contributed by atoms with Gasteiger partial charge in [-0.05, 0) is 26.0 Å². The van der Waals surface area contributed by atoms with E-state index in [1.165, 1.54) is 11.3 Å². The molecular formula is C19H18N4O2S2. The Morgan fingerprint density at radius 2 is 2.07 bits per heavy atom. The minimum atomic E-state index is -0.280. The smallest absolute Gasteiger partial charge is 0.276 e. The SMILES string of the molecule is C=CCn1c(=C2C(=O)NN=C2C)s/c(=C2/Sc3ccccc3N2CC)c1=O. The van der Waals surface area contributed by atoms with E-state index in [1.807, 2.05) is 12.1 Å². The van der Waals surface area contributed by atoms with Crippen molar-refractivity contribution < 1.29 is 4.79 Å². The molecule has 2 aromatic rings. The van der Waals surface area contributed by atoms with Gasteiger partial charge in [0.15, 0.2) is 0 Å². The van der Waals surface area contributed by atoms with Crippen molar-refractivity contribution in [3.8, 4) is 0 Å². The lowest BCUT2D eigenvalue weighted by Crippen LogP contribution is -2.35. The van der Waals surface area contributed by atoms with E-state index in [4.69, 9.17) is 0 Å². The summed E-state index contributed by atoms with van der Waals surface area (Å²) in [7, 11) is 0. The molecule has 0 saturated heterocycles. The molecule has 0 unspecified atom stereocenters. The molecule has 1 N–H and O–H groups in total. The highest BCUT2D eigenvalue weighted by Crippen LogP contribution is 2.45. The van der Waals surface area contributed by atoms with Gasteiger partial charge < -0.3 is 4.90 Å². The number of benzene rings is 1. The maximum Gasteiger partial charge on any atom is 0.276 e. The number of nitrogens with one attached hydrogen (secondary N) is 1. The summed E-state index contributed by atoms with van der Waals surface area (Å²) in [6.07, 6.45) is 1.67. The minimum Gasteiger partial charge on any atom is -0.334 e. The number of aromatic nitrogens is 1. The summed E-state index contributed by atoms with van der Waals surface area (Å²) in [5.41, 5.74) is 4.51. The molecule has 0 radical (unpaired) electrons. The Bertz CT molecular complexity index is 1170. The third kappa shape index (κ3) is 2.76. The highest BCUT2D eigenvalue weighted by atomic mass is 32.2. The van der Waals surface area contributed by atoms with Gasteiger partial charge in [-0.25, -0.2) is 5.43 Å². The number of carbonyl (C=O) groups is 1. The number of allylic oxidation sites excluding steroid dienone is 1. The van der Waals surface area contributed by atoms with E-state index in [1.54, 1.807) is 29.3 Å². The molecule has 0 atom stereocenters. The molecule has 138 valence electrons. The number of amides is 1. The lowest BCUT2D eigenvalue weighted by atomic mass is 10.2. The van der Waals surface area contributed by atoms with Crippen molar-refractivity contribution in [3.63, 3.8) is 0 Å². The zero-order valence-corrected chi connectivity index (χ0v) is 16.6. The average molecular weight is 399 g/mol. The third-order valence-corrected chi connectivity index (χ3v) is 6.94. The first-order chi connectivity index (χ1) is 13.1. The molecule has 6 nitrogen and oxygen atoms in total. The van der Waals surface area contributed by atoms with Crippen LogP contribution in [-0.4, -0.2) is 22.7 Å². The quantitative estimate of drug-likeness (QED) is 0.795. The molecular weight excluding hydrogens is 380 g/mol. The van der Waals surface area contributed by atoms with Gasteiger partial charge in [0.25, 0.3) is 11.5 Å². The summed E-state index contributed by atoms with van der Waals surface area (Å²) >= 11 is 2.94. The van der Waals surface area contributed by atoms with Crippen LogP contribution in [0.2, 0.25) is 0 Å². The van der Waals surface area contributed by atoms with Crippen molar-refractivity contribution in [2.24, 2.45) is 5.10 Å². The summed E-state index contributed by atoms with van der Waals surface area (Å²) in [4.78, 5) is 28.8. The van der Waals surface area contributed by atoms with E-state index in [0.29, 0.717) is 27.0 Å². The van der Waals surface area contributed by atoms with Gasteiger partial charge in [0, 0.05) is 18.0 Å². The van der Waals surface area contributed by atoms with E-state index >= 15 is 0 Å². The molecule has 0 saturated carbocycles. The number of carbonyl (C=O) groups excluding carboxylic acids is 1. The lowest BCUT2D eigenvalue weighted by molar-refractivity contribution is -0.115. The van der Waals surface area contributed by atoms with E-state index in [9.17, 15) is 9.59 Å². The Labute approximate surface area is 164 Å². The summed E-state index contributed by atoms with van der Waals surface area (Å²) in [6.45, 7) is 8.68. The second-order valence-corrected chi connectivity index (χ2v) is 8.10. The number of hydrogen-bond donors (Lipinski definition) is 1. The van der Waals surface area contributed by atoms with Crippen LogP contribution >= 0.6 is 23.1 Å². The van der Waals surface area contributed by atoms with Gasteiger partial charge in [-0.15, -0.1) is 17.9 Å². The van der Waals surface area contributed by atoms with Crippen molar-refractivity contribution in [2.75, 3.05) is 11.4 Å². The second kappa shape index (κ2) is 6.86. The first kappa shape index (κ1) is 17.8. The predicted molar refractivity (Wildman–Crippen MR) is 111 cm³/mol. The number of para-hydroxylation sites is 1. The zero-order valence-electron chi connectivity index (χ0n) is 15.0. The van der Waals surface area contributed by atoms with Crippen LogP contribution in [0.3, 0.4) is 0 Å². The van der Waals surface area contributed by atoms with Crippen molar-refractivity contribution in [3.05, 3.63) is 56.5 Å². The Kier molecular flexibility index (Phi) is 4.53. The van der Waals surface area contributed by atoms with E-state index in [2.05, 4.69) is 41.1 Å². The second-order valence-electron chi connectivity index (χ2n) is 6.07. The van der Waals surface area contributed by atoms with Crippen molar-refractivity contribution in [1.29, 1.82) is 0 Å². The van der Waals surface area contributed by atoms with Gasteiger partial charge in [-0.2, -0.15) is 5.10 Å². The van der Waals surface area contributed by atoms with Crippen LogP contribution in [-0.2, 0) is 11.3 Å². The molecule has 1 aromatic heterocycles. The van der Waals surface area contributed by atoms with Crippen LogP contribution in [0, 0.1) is 0 Å². The predicted octanol–water partition coefficient (Wildman–Crippen LogP) is 1.45. The summed E-state index contributed by atoms with van der Waals surface area (Å²) in [5.74, 6) is -0.280. The molecule has 27 heavy (non-hydrogen) atoms. The monoisotopic (exact) mass is 398 g/mol. The van der Waals surface area contributed by atoms with E-state index in [0.717, 1.165) is 22.2 Å². The van der Waals surface area contributed by atoms with E-state index < -0.39 is 0 Å². The fraction of sp³-hybridized carbons (Fsp3) is 0.211. The Balaban J connectivity index is 2.06. The molecule has 0 spiro atoms. The van der Waals surface area contributed by atoms with Crippen molar-refractivity contribution in [2.45, 2.75) is 25.3 Å². The highest BCUT2D eigenvalue weighted by molar-refractivity contribution is 8.08. The van der Waals surface area contributed by atoms with Crippen LogP contribution < -0.4 is 25.1 Å². The molecule has 8 heteroatoms. The average Bonchev–Trinajstić information content (AvgIpc) is 3.30. The normalized spacial score (nSPS) is 19.9. The van der Waals surface area contributed by atoms with Gasteiger partial charge in [-0.1, -0.05) is 30.0 Å². The van der Waals surface area contributed by atoms with Gasteiger partial charge in [0.05, 0.1) is 17.0 Å². The van der Waals surface area contributed by atoms with Crippen molar-refractivity contribution >= 4 is 51.0 Å². The number of thiazole rings is 1. The standard InChI is InChI=1S/C19H18N4O2S2/c1-4-10-23-17(25)15(27-18(23)14-11(3)20-21-16(14)24)19-22(5-2)12-8-6-7-9-13(12)26-19/h4,6-9H,1,5,10H2,2-3H3,(H,21,24)/b18-14?,19-15+. The number of hydrazone groups is 1. The third-order valence-electron chi connectivity index (χ3n) is 4.44. The number of hydrogen-bond acceptors (Lipinski definition) is 6. The number of nitrogens with zero attached hydrogens (tertiary/aromatic N) is 3. The first-order valence-electron chi connectivity index (χ1n) is 8.55. The van der Waals surface area contributed by atoms with Gasteiger partial charge in [0.1, 0.15) is 14.2 Å². The molecule has 2 aliphatic rings. The van der Waals surface area contributed by atoms with Gasteiger partial charge in [0.2, 0.25) is 0 Å². The molecule has 0 bridgehead atoms. The minimum absolute atomic E-state index is 0.108. The van der Waals surface area contributed by atoms with Crippen LogP contribution in [0.15, 0.2) is 51.7 Å². The number of fused-ring (bicyclic) bond motifs is 1. The largest absolute Gasteiger partial charge is 0.334 e. The molecule has 4 rings (SSSR count). The number of anilines is 1. The summed E-state index contributed by atoms with van der Waals surface area (Å²) in [6, 6.07) is 8.12. The fourth-order valence-electron chi connectivity index (χ4n) is 3.21. The molecule has 3 heterocycles. The lowest BCUT2D eigenvalue weighted by Gasteiger charge is -2.16. The van der Waals surface area contributed by atoms with Gasteiger partial charge in [-0.3, -0.25) is 14.2 Å². The Morgan fingerprint density at radius 3 is 2.74 bits per heavy atom. The van der Waals surface area contributed by atoms with Crippen LogP contribution in [0.25, 0.3) is 10.6 Å². The maximum absolute atomic E-state index is 13.2. The number of thioether (sulfide) groups is 1. The summed E-state index contributed by atoms with van der Waals surface area (Å²) in [5, 5.41) is 4.91. The molecule has 1 aromatic carbocycles. The summed E-state index contributed by atoms with van der Waals surface area (Å²) < 4.78 is 2.86. The van der Waals surface area contributed by atoms with Crippen LogP contribution in [0.5, 0.6) is 0 Å². The Hall–Kier alpha value is -2.58. The fourth-order valence-corrected chi connectivity index (χ4v) is 5.81. The Morgan fingerprint density at radius 1 is 1.30 bits per heavy atom. The maximum atomic E-state index is 13.2. The zero-order chi connectivity index (χ0) is 19.1. The molecule has 2 aliphatic heterocycles. The molecule has 1 amide bonds. The van der Waals surface area contributed by atoms with Crippen molar-refractivity contribution in [1.82, 2.24) is 9.99 Å². The molecule has 0 aliphatic carbocycles. The molecule has 0 fully saturated rings. The van der Waals surface area contributed by atoms with Gasteiger partial charge >= 0.3 is 0 Å². The van der Waals surface area contributed by atoms with E-state index in [-0.39, 0.29) is 11.5 Å². The van der Waals surface area contributed by atoms with Crippen LogP contribution in [0.1, 0.15) is 13.8 Å². The van der Waals surface area contributed by atoms with Crippen LogP contribution in [0.4, 0.5) is 5.69 Å².